The first-order valence-electron chi connectivity index (χ1n) is 9.99. The van der Waals surface area contributed by atoms with Gasteiger partial charge in [-0.25, -0.2) is 0 Å². The molecule has 1 aliphatic rings. The minimum absolute atomic E-state index is 0.0586. The quantitative estimate of drug-likeness (QED) is 0.535. The zero-order valence-electron chi connectivity index (χ0n) is 17.5. The van der Waals surface area contributed by atoms with Crippen LogP contribution in [0.2, 0.25) is 0 Å². The molecule has 0 saturated heterocycles. The van der Waals surface area contributed by atoms with Gasteiger partial charge >= 0.3 is 0 Å². The minimum atomic E-state index is 0.0586. The molecule has 2 aromatic rings. The highest BCUT2D eigenvalue weighted by Gasteiger charge is 2.50. The third-order valence-corrected chi connectivity index (χ3v) is 5.88. The molecule has 0 aliphatic carbocycles. The lowest BCUT2D eigenvalue weighted by Gasteiger charge is -2.24. The second kappa shape index (κ2) is 6.68. The summed E-state index contributed by atoms with van der Waals surface area (Å²) in [5.41, 5.74) is 5.89. The van der Waals surface area contributed by atoms with E-state index in [1.165, 1.54) is 22.4 Å². The Hall–Kier alpha value is -1.89. The zero-order valence-corrected chi connectivity index (χ0v) is 17.5. The summed E-state index contributed by atoms with van der Waals surface area (Å²) >= 11 is 0. The summed E-state index contributed by atoms with van der Waals surface area (Å²) in [5.74, 6) is 1.02. The second-order valence-corrected chi connectivity index (χ2v) is 9.37. The number of hydrogen-bond acceptors (Lipinski definition) is 0. The smallest absolute Gasteiger partial charge is 0.196 e. The van der Waals surface area contributed by atoms with Gasteiger partial charge in [0.2, 0.25) is 5.69 Å². The third kappa shape index (κ3) is 3.24. The molecular weight excluding hydrogens is 314 g/mol. The summed E-state index contributed by atoms with van der Waals surface area (Å²) in [6.07, 6.45) is 3.61. The Morgan fingerprint density at radius 3 is 1.81 bits per heavy atom. The standard InChI is InChI=1S/C25H34N/c1-18(2)21-14-11-15-22(19(3)4)23(21)26-17-25(7,16-24(26,5)6)20-12-9-8-10-13-20/h8-15,17-19H,16H2,1-7H3/q+1/t25-/m0/s1. The summed E-state index contributed by atoms with van der Waals surface area (Å²) in [7, 11) is 0. The van der Waals surface area contributed by atoms with E-state index in [0.717, 1.165) is 6.42 Å². The molecule has 0 spiro atoms. The van der Waals surface area contributed by atoms with E-state index >= 15 is 0 Å². The number of rotatable bonds is 4. The van der Waals surface area contributed by atoms with Gasteiger partial charge in [0.05, 0.1) is 5.41 Å². The average Bonchev–Trinajstić information content (AvgIpc) is 2.85. The van der Waals surface area contributed by atoms with Crippen LogP contribution in [0.15, 0.2) is 48.5 Å². The summed E-state index contributed by atoms with van der Waals surface area (Å²) in [6.45, 7) is 16.4. The molecule has 1 atom stereocenters. The van der Waals surface area contributed by atoms with Crippen molar-refractivity contribution in [2.24, 2.45) is 0 Å². The van der Waals surface area contributed by atoms with Crippen LogP contribution in [-0.4, -0.2) is 16.3 Å². The van der Waals surface area contributed by atoms with Gasteiger partial charge in [-0.15, -0.1) is 0 Å². The fraction of sp³-hybridized carbons (Fsp3) is 0.480. The summed E-state index contributed by atoms with van der Waals surface area (Å²) in [5, 5.41) is 0. The molecule has 138 valence electrons. The van der Waals surface area contributed by atoms with Gasteiger partial charge in [0.15, 0.2) is 11.8 Å². The van der Waals surface area contributed by atoms with E-state index in [0.29, 0.717) is 11.8 Å². The van der Waals surface area contributed by atoms with Gasteiger partial charge in [0.1, 0.15) is 0 Å². The molecule has 0 N–H and O–H groups in total. The molecule has 1 heteroatoms. The van der Waals surface area contributed by atoms with Crippen molar-refractivity contribution < 1.29 is 4.58 Å². The van der Waals surface area contributed by atoms with Crippen molar-refractivity contribution >= 4 is 11.9 Å². The first-order chi connectivity index (χ1) is 12.2. The van der Waals surface area contributed by atoms with Crippen molar-refractivity contribution in [3.05, 3.63) is 65.2 Å². The maximum absolute atomic E-state index is 2.59. The molecule has 0 bridgehead atoms. The highest BCUT2D eigenvalue weighted by molar-refractivity contribution is 5.73. The van der Waals surface area contributed by atoms with Gasteiger partial charge in [-0.3, -0.25) is 0 Å². The molecule has 26 heavy (non-hydrogen) atoms. The van der Waals surface area contributed by atoms with Crippen LogP contribution in [0.3, 0.4) is 0 Å². The van der Waals surface area contributed by atoms with E-state index in [9.17, 15) is 0 Å². The third-order valence-electron chi connectivity index (χ3n) is 5.88. The highest BCUT2D eigenvalue weighted by atomic mass is 15.1. The first kappa shape index (κ1) is 18.9. The topological polar surface area (TPSA) is 3.01 Å². The van der Waals surface area contributed by atoms with Crippen LogP contribution in [0.1, 0.15) is 83.4 Å². The van der Waals surface area contributed by atoms with E-state index in [2.05, 4.69) is 108 Å². The predicted molar refractivity (Wildman–Crippen MR) is 113 cm³/mol. The summed E-state index contributed by atoms with van der Waals surface area (Å²) in [4.78, 5) is 0. The minimum Gasteiger partial charge on any atom is -0.196 e. The predicted octanol–water partition coefficient (Wildman–Crippen LogP) is 6.79. The molecule has 0 fully saturated rings. The number of benzene rings is 2. The number of hydrogen-bond donors (Lipinski definition) is 0. The van der Waals surface area contributed by atoms with Gasteiger partial charge < -0.3 is 0 Å². The number of nitrogens with zero attached hydrogens (tertiary/aromatic N) is 1. The van der Waals surface area contributed by atoms with Gasteiger partial charge in [-0.1, -0.05) is 76.2 Å². The molecule has 0 radical (unpaired) electrons. The van der Waals surface area contributed by atoms with E-state index in [1.54, 1.807) is 0 Å². The Bertz CT molecular complexity index is 785. The Kier molecular flexibility index (Phi) is 4.86. The van der Waals surface area contributed by atoms with Gasteiger partial charge in [0.25, 0.3) is 0 Å². The highest BCUT2D eigenvalue weighted by Crippen LogP contribution is 2.45. The largest absolute Gasteiger partial charge is 0.212 e. The van der Waals surface area contributed by atoms with Gasteiger partial charge in [0, 0.05) is 31.4 Å². The fourth-order valence-electron chi connectivity index (χ4n) is 4.64. The lowest BCUT2D eigenvalue weighted by atomic mass is 9.77. The molecule has 0 amide bonds. The van der Waals surface area contributed by atoms with Crippen LogP contribution in [-0.2, 0) is 5.41 Å². The normalized spacial score (nSPS) is 22.1. The second-order valence-electron chi connectivity index (χ2n) is 9.37. The molecule has 1 nitrogen and oxygen atoms in total. The Labute approximate surface area is 159 Å². The van der Waals surface area contributed by atoms with E-state index in [4.69, 9.17) is 0 Å². The van der Waals surface area contributed by atoms with Crippen LogP contribution in [0.5, 0.6) is 0 Å². The SMILES string of the molecule is CC(C)c1cccc(C(C)C)c1[N+]1=C[C@@](C)(c2ccccc2)CC1(C)C. The van der Waals surface area contributed by atoms with E-state index in [1.807, 2.05) is 0 Å². The van der Waals surface area contributed by atoms with Crippen molar-refractivity contribution in [2.45, 2.75) is 77.7 Å². The van der Waals surface area contributed by atoms with Crippen molar-refractivity contribution in [1.29, 1.82) is 0 Å². The molecule has 3 rings (SSSR count). The Morgan fingerprint density at radius 2 is 1.31 bits per heavy atom. The number of para-hydroxylation sites is 1. The van der Waals surface area contributed by atoms with Crippen molar-refractivity contribution in [3.8, 4) is 0 Å². The van der Waals surface area contributed by atoms with Crippen LogP contribution < -0.4 is 0 Å². The summed E-state index contributed by atoms with van der Waals surface area (Å²) < 4.78 is 2.59. The maximum atomic E-state index is 2.59. The van der Waals surface area contributed by atoms with Gasteiger partial charge in [-0.05, 0) is 24.3 Å². The zero-order chi connectivity index (χ0) is 19.1. The van der Waals surface area contributed by atoms with Gasteiger partial charge in [-0.2, -0.15) is 4.58 Å². The molecule has 2 aromatic carbocycles. The molecule has 0 saturated carbocycles. The van der Waals surface area contributed by atoms with Crippen molar-refractivity contribution in [2.75, 3.05) is 0 Å². The van der Waals surface area contributed by atoms with Crippen LogP contribution >= 0.6 is 0 Å². The maximum Gasteiger partial charge on any atom is 0.212 e. The Morgan fingerprint density at radius 1 is 0.769 bits per heavy atom. The van der Waals surface area contributed by atoms with Crippen LogP contribution in [0, 0.1) is 0 Å². The van der Waals surface area contributed by atoms with Crippen molar-refractivity contribution in [3.63, 3.8) is 0 Å². The average molecular weight is 349 g/mol. The molecule has 1 heterocycles. The molecular formula is C25H34N+. The molecule has 1 aliphatic heterocycles. The molecule has 0 unspecified atom stereocenters. The van der Waals surface area contributed by atoms with Crippen LogP contribution in [0.4, 0.5) is 5.69 Å². The van der Waals surface area contributed by atoms with E-state index in [-0.39, 0.29) is 11.0 Å². The molecule has 0 aromatic heterocycles. The lowest BCUT2D eigenvalue weighted by molar-refractivity contribution is -0.513. The van der Waals surface area contributed by atoms with Crippen molar-refractivity contribution in [1.82, 2.24) is 0 Å². The fourth-order valence-corrected chi connectivity index (χ4v) is 4.64. The lowest BCUT2D eigenvalue weighted by Crippen LogP contribution is -2.31. The van der Waals surface area contributed by atoms with E-state index < -0.39 is 0 Å². The van der Waals surface area contributed by atoms with Crippen LogP contribution in [0.25, 0.3) is 0 Å². The monoisotopic (exact) mass is 348 g/mol. The first-order valence-corrected chi connectivity index (χ1v) is 9.99. The summed E-state index contributed by atoms with van der Waals surface area (Å²) in [6, 6.07) is 17.8. The Balaban J connectivity index is 2.24.